The lowest BCUT2D eigenvalue weighted by Crippen LogP contribution is -2.46. The molecule has 3 fully saturated rings. The Morgan fingerprint density at radius 1 is 1.10 bits per heavy atom. The highest BCUT2D eigenvalue weighted by atomic mass is 16.2. The molecule has 2 bridgehead atoms. The number of nitrogens with zero attached hydrogens (tertiary/aromatic N) is 2. The lowest BCUT2D eigenvalue weighted by atomic mass is 10.1. The van der Waals surface area contributed by atoms with Gasteiger partial charge in [0.2, 0.25) is 11.8 Å². The van der Waals surface area contributed by atoms with Gasteiger partial charge < -0.3 is 10.2 Å². The summed E-state index contributed by atoms with van der Waals surface area (Å²) in [5.74, 6) is 0.405. The zero-order valence-electron chi connectivity index (χ0n) is 12.1. The van der Waals surface area contributed by atoms with E-state index in [1.54, 1.807) is 0 Å². The van der Waals surface area contributed by atoms with Crippen molar-refractivity contribution < 1.29 is 9.59 Å². The Bertz CT molecular complexity index is 377. The fraction of sp³-hybridized carbons (Fsp3) is 0.867. The first-order valence-electron chi connectivity index (χ1n) is 8.04. The molecule has 3 aliphatic rings. The van der Waals surface area contributed by atoms with Crippen LogP contribution < -0.4 is 5.32 Å². The zero-order chi connectivity index (χ0) is 13.9. The summed E-state index contributed by atoms with van der Waals surface area (Å²) < 4.78 is 0. The molecule has 0 aromatic heterocycles. The van der Waals surface area contributed by atoms with Crippen molar-refractivity contribution in [1.29, 1.82) is 0 Å². The maximum Gasteiger partial charge on any atom is 0.236 e. The van der Waals surface area contributed by atoms with Crippen molar-refractivity contribution in [2.45, 2.75) is 57.0 Å². The molecule has 3 rings (SSSR count). The van der Waals surface area contributed by atoms with E-state index in [1.165, 1.54) is 12.8 Å². The van der Waals surface area contributed by atoms with Crippen molar-refractivity contribution in [3.63, 3.8) is 0 Å². The highest BCUT2D eigenvalue weighted by Gasteiger charge is 2.38. The second kappa shape index (κ2) is 6.12. The van der Waals surface area contributed by atoms with Gasteiger partial charge in [-0.3, -0.25) is 14.5 Å². The Labute approximate surface area is 120 Å². The van der Waals surface area contributed by atoms with Crippen LogP contribution in [0.25, 0.3) is 0 Å². The molecule has 0 aliphatic carbocycles. The minimum absolute atomic E-state index is 0.143. The molecule has 3 aliphatic heterocycles. The van der Waals surface area contributed by atoms with E-state index in [-0.39, 0.29) is 17.9 Å². The normalized spacial score (nSPS) is 31.6. The Hall–Kier alpha value is -1.10. The van der Waals surface area contributed by atoms with Gasteiger partial charge in [0.1, 0.15) is 0 Å². The van der Waals surface area contributed by atoms with Gasteiger partial charge >= 0.3 is 0 Å². The molecular formula is C15H25N3O2. The highest BCUT2D eigenvalue weighted by molar-refractivity contribution is 5.79. The molecule has 0 aromatic carbocycles. The average molecular weight is 279 g/mol. The monoisotopic (exact) mass is 279 g/mol. The Morgan fingerprint density at radius 3 is 2.55 bits per heavy atom. The van der Waals surface area contributed by atoms with Crippen LogP contribution in [0.4, 0.5) is 0 Å². The van der Waals surface area contributed by atoms with Gasteiger partial charge in [-0.05, 0) is 25.7 Å². The fourth-order valence-corrected chi connectivity index (χ4v) is 3.81. The van der Waals surface area contributed by atoms with Crippen molar-refractivity contribution in [2.24, 2.45) is 0 Å². The van der Waals surface area contributed by atoms with Crippen LogP contribution in [0, 0.1) is 0 Å². The fourth-order valence-electron chi connectivity index (χ4n) is 3.81. The summed E-state index contributed by atoms with van der Waals surface area (Å²) in [5.41, 5.74) is 0. The molecule has 5 heteroatoms. The first-order valence-corrected chi connectivity index (χ1v) is 8.04. The number of carbonyl (C=O) groups is 2. The maximum absolute atomic E-state index is 12.5. The Morgan fingerprint density at radius 2 is 1.80 bits per heavy atom. The number of hydrogen-bond acceptors (Lipinski definition) is 3. The van der Waals surface area contributed by atoms with Crippen LogP contribution in [0.2, 0.25) is 0 Å². The van der Waals surface area contributed by atoms with Crippen LogP contribution in [0.5, 0.6) is 0 Å². The lowest BCUT2D eigenvalue weighted by Gasteiger charge is -2.29. The third kappa shape index (κ3) is 2.97. The molecule has 5 nitrogen and oxygen atoms in total. The third-order valence-corrected chi connectivity index (χ3v) is 5.00. The molecule has 3 saturated heterocycles. The first kappa shape index (κ1) is 13.9. The number of likely N-dealkylation sites (tertiary alicyclic amines) is 1. The van der Waals surface area contributed by atoms with Gasteiger partial charge in [0, 0.05) is 38.1 Å². The van der Waals surface area contributed by atoms with Crippen LogP contribution in [0.1, 0.15) is 44.9 Å². The van der Waals surface area contributed by atoms with Gasteiger partial charge in [-0.1, -0.05) is 12.8 Å². The van der Waals surface area contributed by atoms with Crippen LogP contribution >= 0.6 is 0 Å². The summed E-state index contributed by atoms with van der Waals surface area (Å²) in [6, 6.07) is 0.640. The number of fused-ring (bicyclic) bond motifs is 2. The number of carbonyl (C=O) groups excluding carboxylic acids is 2. The van der Waals surface area contributed by atoms with E-state index in [0.29, 0.717) is 25.6 Å². The Balaban J connectivity index is 1.61. The highest BCUT2D eigenvalue weighted by Crippen LogP contribution is 2.28. The molecule has 0 saturated carbocycles. The van der Waals surface area contributed by atoms with Crippen molar-refractivity contribution in [1.82, 2.24) is 15.1 Å². The molecule has 2 amide bonds. The molecular weight excluding hydrogens is 254 g/mol. The molecule has 0 spiro atoms. The summed E-state index contributed by atoms with van der Waals surface area (Å²) in [6.07, 6.45) is 7.50. The Kier molecular flexibility index (Phi) is 4.24. The van der Waals surface area contributed by atoms with Crippen molar-refractivity contribution >= 4 is 11.8 Å². The summed E-state index contributed by atoms with van der Waals surface area (Å²) >= 11 is 0. The minimum Gasteiger partial charge on any atom is -0.354 e. The van der Waals surface area contributed by atoms with Crippen LogP contribution in [0.3, 0.4) is 0 Å². The molecule has 3 heterocycles. The van der Waals surface area contributed by atoms with E-state index >= 15 is 0 Å². The summed E-state index contributed by atoms with van der Waals surface area (Å²) in [5, 5.41) is 2.96. The topological polar surface area (TPSA) is 52.7 Å². The smallest absolute Gasteiger partial charge is 0.236 e. The largest absolute Gasteiger partial charge is 0.354 e. The standard InChI is InChI=1S/C15H25N3O2/c19-14-9-12-5-6-13(10-16-14)18(12)11-15(20)17-7-3-1-2-4-8-17/h12-13H,1-11H2,(H,16,19)/t12-,13+/m0/s1. The minimum atomic E-state index is 0.143. The predicted octanol–water partition coefficient (Wildman–Crippen LogP) is 0.742. The second-order valence-electron chi connectivity index (χ2n) is 6.36. The number of rotatable bonds is 2. The van der Waals surface area contributed by atoms with Gasteiger partial charge in [0.25, 0.3) is 0 Å². The van der Waals surface area contributed by atoms with Crippen molar-refractivity contribution in [3.8, 4) is 0 Å². The van der Waals surface area contributed by atoms with E-state index < -0.39 is 0 Å². The third-order valence-electron chi connectivity index (χ3n) is 5.00. The van der Waals surface area contributed by atoms with Crippen LogP contribution in [-0.4, -0.2) is 59.9 Å². The molecule has 112 valence electrons. The number of nitrogens with one attached hydrogen (secondary N) is 1. The number of amides is 2. The molecule has 0 radical (unpaired) electrons. The predicted molar refractivity (Wildman–Crippen MR) is 76.2 cm³/mol. The van der Waals surface area contributed by atoms with Crippen molar-refractivity contribution in [2.75, 3.05) is 26.2 Å². The molecule has 2 atom stereocenters. The first-order chi connectivity index (χ1) is 9.74. The molecule has 1 N–H and O–H groups in total. The average Bonchev–Trinajstić information content (AvgIpc) is 2.61. The summed E-state index contributed by atoms with van der Waals surface area (Å²) in [4.78, 5) is 28.4. The summed E-state index contributed by atoms with van der Waals surface area (Å²) in [6.45, 7) is 3.05. The lowest BCUT2D eigenvalue weighted by molar-refractivity contribution is -0.133. The van der Waals surface area contributed by atoms with E-state index in [2.05, 4.69) is 10.2 Å². The van der Waals surface area contributed by atoms with Crippen LogP contribution in [-0.2, 0) is 9.59 Å². The van der Waals surface area contributed by atoms with Crippen molar-refractivity contribution in [3.05, 3.63) is 0 Å². The van der Waals surface area contributed by atoms with E-state index in [0.717, 1.165) is 38.8 Å². The molecule has 0 aromatic rings. The van der Waals surface area contributed by atoms with Gasteiger partial charge in [-0.25, -0.2) is 0 Å². The van der Waals surface area contributed by atoms with E-state index in [1.807, 2.05) is 4.90 Å². The second-order valence-corrected chi connectivity index (χ2v) is 6.36. The summed E-state index contributed by atoms with van der Waals surface area (Å²) in [7, 11) is 0. The maximum atomic E-state index is 12.5. The van der Waals surface area contributed by atoms with Gasteiger partial charge in [-0.15, -0.1) is 0 Å². The van der Waals surface area contributed by atoms with E-state index in [9.17, 15) is 9.59 Å². The molecule has 20 heavy (non-hydrogen) atoms. The number of hydrogen-bond donors (Lipinski definition) is 1. The molecule has 0 unspecified atom stereocenters. The SMILES string of the molecule is O=C1C[C@@H]2CC[C@H](CN1)N2CC(=O)N1CCCCCC1. The zero-order valence-corrected chi connectivity index (χ0v) is 12.1. The van der Waals surface area contributed by atoms with E-state index in [4.69, 9.17) is 0 Å². The quantitative estimate of drug-likeness (QED) is 0.811. The van der Waals surface area contributed by atoms with Crippen LogP contribution in [0.15, 0.2) is 0 Å². The van der Waals surface area contributed by atoms with Gasteiger partial charge in [0.15, 0.2) is 0 Å². The van der Waals surface area contributed by atoms with Gasteiger partial charge in [0.05, 0.1) is 6.54 Å². The van der Waals surface area contributed by atoms with Gasteiger partial charge in [-0.2, -0.15) is 0 Å².